The molecule has 0 aliphatic carbocycles. The zero-order valence-electron chi connectivity index (χ0n) is 17.1. The van der Waals surface area contributed by atoms with Crippen molar-refractivity contribution in [2.75, 3.05) is 5.43 Å². The van der Waals surface area contributed by atoms with Crippen molar-refractivity contribution in [2.24, 2.45) is 0 Å². The maximum absolute atomic E-state index is 14.9. The highest BCUT2D eigenvalue weighted by Crippen LogP contribution is 2.42. The van der Waals surface area contributed by atoms with Gasteiger partial charge >= 0.3 is 12.4 Å². The molecule has 0 saturated heterocycles. The molecule has 3 aromatic rings. The second kappa shape index (κ2) is 10.5. The first kappa shape index (κ1) is 27.5. The van der Waals surface area contributed by atoms with Crippen LogP contribution >= 0.6 is 34.8 Å². The molecule has 0 aliphatic rings. The Bertz CT molecular complexity index is 1270. The molecule has 36 heavy (non-hydrogen) atoms. The molecule has 2 aromatic carbocycles. The number of H-pyrrole nitrogens is 1. The number of nitrogens with zero attached hydrogens (tertiary/aromatic N) is 3. The molecule has 0 aliphatic heterocycles. The summed E-state index contributed by atoms with van der Waals surface area (Å²) in [5.74, 6) is -5.88. The summed E-state index contributed by atoms with van der Waals surface area (Å²) in [6.45, 7) is 0. The molecule has 7 nitrogen and oxygen atoms in total. The molecule has 0 spiro atoms. The van der Waals surface area contributed by atoms with Gasteiger partial charge in [0.2, 0.25) is 0 Å². The number of benzene rings is 2. The molecule has 192 valence electrons. The second-order valence-electron chi connectivity index (χ2n) is 6.91. The monoisotopic (exact) mass is 576 g/mol. The van der Waals surface area contributed by atoms with Crippen molar-refractivity contribution in [3.8, 4) is 0 Å². The number of hydrazine groups is 1. The van der Waals surface area contributed by atoms with Crippen LogP contribution in [0, 0.1) is 0 Å². The van der Waals surface area contributed by atoms with Crippen molar-refractivity contribution in [3.63, 3.8) is 0 Å². The predicted molar refractivity (Wildman–Crippen MR) is 116 cm³/mol. The van der Waals surface area contributed by atoms with Crippen LogP contribution in [0.1, 0.15) is 33.0 Å². The molecule has 1 amide bonds. The van der Waals surface area contributed by atoms with Gasteiger partial charge in [0.25, 0.3) is 11.9 Å². The third kappa shape index (κ3) is 6.36. The highest BCUT2D eigenvalue weighted by Gasteiger charge is 2.41. The Hall–Kier alpha value is -3.10. The summed E-state index contributed by atoms with van der Waals surface area (Å²) in [6, 6.07) is 3.12. The van der Waals surface area contributed by atoms with Gasteiger partial charge in [0.15, 0.2) is 0 Å². The minimum Gasteiger partial charge on any atom is -0.267 e. The van der Waals surface area contributed by atoms with Gasteiger partial charge in [-0.3, -0.25) is 15.6 Å². The quantitative estimate of drug-likeness (QED) is 0.175. The van der Waals surface area contributed by atoms with Gasteiger partial charge in [-0.15, -0.1) is 5.10 Å². The van der Waals surface area contributed by atoms with E-state index in [2.05, 4.69) is 20.8 Å². The minimum atomic E-state index is -5.17. The Morgan fingerprint density at radius 1 is 1.03 bits per heavy atom. The van der Waals surface area contributed by atoms with Crippen LogP contribution in [0.15, 0.2) is 36.4 Å². The topological polar surface area (TPSA) is 95.6 Å². The maximum atomic E-state index is 14.9. The number of tetrazole rings is 1. The number of carbonyl (C=O) groups excluding carboxylic acids is 1. The van der Waals surface area contributed by atoms with Crippen LogP contribution in [0.2, 0.25) is 15.1 Å². The van der Waals surface area contributed by atoms with E-state index in [1.807, 2.05) is 10.6 Å². The largest absolute Gasteiger partial charge is 0.417 e. The number of allylic oxidation sites excluding steroid dienone is 1. The summed E-state index contributed by atoms with van der Waals surface area (Å²) in [5.41, 5.74) is -0.0707. The lowest BCUT2D eigenvalue weighted by Gasteiger charge is -2.19. The lowest BCUT2D eigenvalue weighted by atomic mass is 9.95. The van der Waals surface area contributed by atoms with Gasteiger partial charge in [-0.1, -0.05) is 46.0 Å². The molecule has 0 bridgehead atoms. The highest BCUT2D eigenvalue weighted by atomic mass is 35.5. The Morgan fingerprint density at radius 3 is 2.19 bits per heavy atom. The zero-order chi connectivity index (χ0) is 26.8. The number of hydrogen-bond acceptors (Lipinski definition) is 5. The Labute approximate surface area is 211 Å². The van der Waals surface area contributed by atoms with Gasteiger partial charge in [0, 0.05) is 5.56 Å². The van der Waals surface area contributed by atoms with Gasteiger partial charge < -0.3 is 0 Å². The molecule has 1 atom stereocenters. The van der Waals surface area contributed by atoms with Crippen LogP contribution in [0.3, 0.4) is 0 Å². The maximum Gasteiger partial charge on any atom is 0.417 e. The average Bonchev–Trinajstić information content (AvgIpc) is 3.31. The number of halogens is 10. The molecule has 1 aromatic heterocycles. The number of aromatic amines is 1. The first-order chi connectivity index (χ1) is 16.7. The number of anilines is 1. The summed E-state index contributed by atoms with van der Waals surface area (Å²) in [6.07, 6.45) is -10.2. The van der Waals surface area contributed by atoms with E-state index in [0.29, 0.717) is 12.1 Å². The normalized spacial score (nSPS) is 13.4. The van der Waals surface area contributed by atoms with Crippen LogP contribution in [0.5, 0.6) is 0 Å². The predicted octanol–water partition coefficient (Wildman–Crippen LogP) is 6.59. The van der Waals surface area contributed by atoms with E-state index in [9.17, 15) is 35.5 Å². The number of alkyl halides is 6. The summed E-state index contributed by atoms with van der Waals surface area (Å²) in [4.78, 5) is 12.2. The summed E-state index contributed by atoms with van der Waals surface area (Å²) in [7, 11) is 0. The first-order valence-corrected chi connectivity index (χ1v) is 10.4. The number of nitrogens with one attached hydrogen (secondary N) is 3. The molecule has 0 saturated carbocycles. The van der Waals surface area contributed by atoms with Gasteiger partial charge in [-0.25, -0.2) is 4.39 Å². The average molecular weight is 578 g/mol. The molecular formula is C19H10Cl3F7N6O. The van der Waals surface area contributed by atoms with Crippen LogP contribution in [-0.2, 0) is 6.18 Å². The molecule has 1 unspecified atom stereocenters. The fourth-order valence-electron chi connectivity index (χ4n) is 2.90. The molecule has 0 radical (unpaired) electrons. The Morgan fingerprint density at radius 2 is 1.67 bits per heavy atom. The summed E-state index contributed by atoms with van der Waals surface area (Å²) >= 11 is 17.3. The van der Waals surface area contributed by atoms with Crippen LogP contribution in [0.25, 0.3) is 5.83 Å². The van der Waals surface area contributed by atoms with E-state index >= 15 is 0 Å². The first-order valence-electron chi connectivity index (χ1n) is 9.28. The van der Waals surface area contributed by atoms with Crippen LogP contribution < -0.4 is 10.9 Å². The van der Waals surface area contributed by atoms with Crippen molar-refractivity contribution in [2.45, 2.75) is 18.3 Å². The molecule has 1 heterocycles. The molecule has 3 N–H and O–H groups in total. The SMILES string of the molecule is O=C(NNc1nn[nH]n1)c1ccc(/C(F)=C/C(c2cc(Cl)c(Cl)c(Cl)c2)C(F)(F)F)cc1C(F)(F)F. The molecule has 3 rings (SSSR count). The second-order valence-corrected chi connectivity index (χ2v) is 8.10. The highest BCUT2D eigenvalue weighted by molar-refractivity contribution is 6.48. The number of hydrogen-bond donors (Lipinski definition) is 3. The zero-order valence-corrected chi connectivity index (χ0v) is 19.3. The molecule has 0 fully saturated rings. The smallest absolute Gasteiger partial charge is 0.267 e. The standard InChI is InChI=1S/C19H10Cl3F7N6O/c20-12-4-8(5-13(21)15(12)22)10(18(24,25)26)6-14(23)7-1-2-9(11(3-7)19(27,28)29)16(36)30-31-17-32-34-35-33-17/h1-6,10H,(H,30,36)(H2,31,32,33,34,35)/b14-6-. The summed E-state index contributed by atoms with van der Waals surface area (Å²) < 4.78 is 96.8. The van der Waals surface area contributed by atoms with Gasteiger partial charge in [0.05, 0.1) is 26.2 Å². The minimum absolute atomic E-state index is 0.0585. The van der Waals surface area contributed by atoms with Gasteiger partial charge in [-0.2, -0.15) is 31.6 Å². The van der Waals surface area contributed by atoms with Crippen LogP contribution in [0.4, 0.5) is 36.7 Å². The van der Waals surface area contributed by atoms with Gasteiger partial charge in [-0.05, 0) is 41.1 Å². The van der Waals surface area contributed by atoms with E-state index in [-0.39, 0.29) is 33.2 Å². The molecular weight excluding hydrogens is 568 g/mol. The number of rotatable bonds is 6. The fraction of sp³-hybridized carbons (Fsp3) is 0.158. The van der Waals surface area contributed by atoms with Crippen molar-refractivity contribution in [1.29, 1.82) is 0 Å². The van der Waals surface area contributed by atoms with E-state index in [1.165, 1.54) is 0 Å². The van der Waals surface area contributed by atoms with Crippen LogP contribution in [-0.4, -0.2) is 32.7 Å². The Kier molecular flexibility index (Phi) is 8.00. The number of aromatic nitrogens is 4. The Balaban J connectivity index is 2.00. The fourth-order valence-corrected chi connectivity index (χ4v) is 3.51. The van der Waals surface area contributed by atoms with E-state index in [1.54, 1.807) is 0 Å². The number of amides is 1. The van der Waals surface area contributed by atoms with Gasteiger partial charge in [0.1, 0.15) is 11.7 Å². The van der Waals surface area contributed by atoms with E-state index < -0.39 is 52.3 Å². The van der Waals surface area contributed by atoms with Crippen molar-refractivity contribution in [1.82, 2.24) is 26.0 Å². The third-order valence-corrected chi connectivity index (χ3v) is 5.71. The summed E-state index contributed by atoms with van der Waals surface area (Å²) in [5, 5.41) is 11.1. The van der Waals surface area contributed by atoms with Crippen molar-refractivity contribution in [3.05, 3.63) is 73.7 Å². The molecule has 17 heteroatoms. The van der Waals surface area contributed by atoms with Crippen molar-refractivity contribution < 1.29 is 35.5 Å². The van der Waals surface area contributed by atoms with E-state index in [0.717, 1.165) is 12.1 Å². The lowest BCUT2D eigenvalue weighted by molar-refractivity contribution is -0.140. The number of carbonyl (C=O) groups is 1. The van der Waals surface area contributed by atoms with E-state index in [4.69, 9.17) is 34.8 Å². The van der Waals surface area contributed by atoms with Crippen molar-refractivity contribution >= 4 is 52.5 Å². The lowest BCUT2D eigenvalue weighted by Crippen LogP contribution is -2.31. The third-order valence-electron chi connectivity index (χ3n) is 4.51.